The summed E-state index contributed by atoms with van der Waals surface area (Å²) < 4.78 is 1.39. The van der Waals surface area contributed by atoms with E-state index in [0.717, 1.165) is 29.7 Å². The van der Waals surface area contributed by atoms with E-state index in [1.54, 1.807) is 30.5 Å². The van der Waals surface area contributed by atoms with E-state index in [9.17, 15) is 14.7 Å². The minimum Gasteiger partial charge on any atom is -0.507 e. The fraction of sp³-hybridized carbons (Fsp3) is 0.185. The predicted octanol–water partition coefficient (Wildman–Crippen LogP) is 4.85. The van der Waals surface area contributed by atoms with E-state index >= 15 is 0 Å². The highest BCUT2D eigenvalue weighted by Crippen LogP contribution is 2.42. The molecule has 1 fully saturated rings. The molecule has 0 bridgehead atoms. The molecular weight excluding hydrogens is 442 g/mol. The van der Waals surface area contributed by atoms with Crippen LogP contribution >= 0.6 is 0 Å². The van der Waals surface area contributed by atoms with Gasteiger partial charge in [-0.15, -0.1) is 0 Å². The van der Waals surface area contributed by atoms with Crippen molar-refractivity contribution < 1.29 is 14.7 Å². The number of pyridine rings is 1. The molecule has 8 nitrogen and oxygen atoms in total. The number of nitrogens with zero attached hydrogens (tertiary/aromatic N) is 3. The van der Waals surface area contributed by atoms with E-state index in [0.29, 0.717) is 29.1 Å². The lowest BCUT2D eigenvalue weighted by Gasteiger charge is -2.10. The van der Waals surface area contributed by atoms with Gasteiger partial charge in [-0.2, -0.15) is 9.78 Å². The normalized spacial score (nSPS) is 12.8. The molecule has 2 aromatic carbocycles. The van der Waals surface area contributed by atoms with Crippen molar-refractivity contribution >= 4 is 17.6 Å². The second-order valence-electron chi connectivity index (χ2n) is 8.65. The fourth-order valence-corrected chi connectivity index (χ4v) is 3.93. The predicted molar refractivity (Wildman–Crippen MR) is 132 cm³/mol. The highest BCUT2D eigenvalue weighted by molar-refractivity contribution is 6.04. The Morgan fingerprint density at radius 2 is 1.91 bits per heavy atom. The van der Waals surface area contributed by atoms with Gasteiger partial charge >= 0.3 is 6.03 Å². The number of amides is 2. The number of aromatic hydroxyl groups is 1. The third kappa shape index (κ3) is 4.91. The van der Waals surface area contributed by atoms with Crippen LogP contribution in [0.3, 0.4) is 0 Å². The molecule has 35 heavy (non-hydrogen) atoms. The van der Waals surface area contributed by atoms with Crippen molar-refractivity contribution in [1.82, 2.24) is 20.1 Å². The number of aromatic nitrogens is 3. The van der Waals surface area contributed by atoms with Crippen molar-refractivity contribution in [2.45, 2.75) is 32.2 Å². The Balaban J connectivity index is 1.39. The van der Waals surface area contributed by atoms with Crippen molar-refractivity contribution in [3.8, 4) is 17.0 Å². The van der Waals surface area contributed by atoms with Gasteiger partial charge in [-0.05, 0) is 67.3 Å². The molecule has 0 aliphatic heterocycles. The van der Waals surface area contributed by atoms with Crippen molar-refractivity contribution in [2.24, 2.45) is 0 Å². The number of carbonyl (C=O) groups excluding carboxylic acids is 2. The Bertz CT molecular complexity index is 1390. The second-order valence-corrected chi connectivity index (χ2v) is 8.65. The average molecular weight is 468 g/mol. The van der Waals surface area contributed by atoms with Crippen molar-refractivity contribution in [3.05, 3.63) is 95.4 Å². The summed E-state index contributed by atoms with van der Waals surface area (Å²) in [6.07, 6.45) is 5.06. The molecule has 5 rings (SSSR count). The Kier molecular flexibility index (Phi) is 6.01. The number of anilines is 1. The van der Waals surface area contributed by atoms with Crippen LogP contribution in [0.2, 0.25) is 0 Å². The van der Waals surface area contributed by atoms with Crippen molar-refractivity contribution in [3.63, 3.8) is 0 Å². The van der Waals surface area contributed by atoms with Crippen LogP contribution in [0.25, 0.3) is 11.3 Å². The van der Waals surface area contributed by atoms with E-state index in [1.807, 2.05) is 37.3 Å². The fourth-order valence-electron chi connectivity index (χ4n) is 3.93. The summed E-state index contributed by atoms with van der Waals surface area (Å²) >= 11 is 0. The van der Waals surface area contributed by atoms with Gasteiger partial charge in [0.25, 0.3) is 5.91 Å². The van der Waals surface area contributed by atoms with Crippen LogP contribution in [0.5, 0.6) is 5.75 Å². The van der Waals surface area contributed by atoms with Crippen molar-refractivity contribution in [1.29, 1.82) is 0 Å². The molecule has 2 amide bonds. The third-order valence-electron chi connectivity index (χ3n) is 6.07. The van der Waals surface area contributed by atoms with Gasteiger partial charge in [0.05, 0.1) is 17.0 Å². The van der Waals surface area contributed by atoms with Gasteiger partial charge < -0.3 is 15.7 Å². The highest BCUT2D eigenvalue weighted by atomic mass is 16.3. The van der Waals surface area contributed by atoms with E-state index in [4.69, 9.17) is 0 Å². The summed E-state index contributed by atoms with van der Waals surface area (Å²) in [6, 6.07) is 17.5. The first-order valence-corrected chi connectivity index (χ1v) is 11.5. The molecule has 1 aliphatic carbocycles. The van der Waals surface area contributed by atoms with E-state index in [2.05, 4.69) is 20.7 Å². The number of nitrogens with one attached hydrogen (secondary N) is 2. The zero-order valence-electron chi connectivity index (χ0n) is 19.2. The average Bonchev–Trinajstić information content (AvgIpc) is 3.63. The SMILES string of the molecule is Cc1ccccc1CNC(=O)n1nc(-c2cc(NC(=O)c3cccnc3)ccc2O)cc1C1CC1. The monoisotopic (exact) mass is 467 g/mol. The van der Waals surface area contributed by atoms with Crippen LogP contribution in [0.4, 0.5) is 10.5 Å². The quantitative estimate of drug-likeness (QED) is 0.351. The molecule has 176 valence electrons. The zero-order valence-corrected chi connectivity index (χ0v) is 19.2. The second kappa shape index (κ2) is 9.42. The van der Waals surface area contributed by atoms with E-state index in [-0.39, 0.29) is 23.6 Å². The first-order chi connectivity index (χ1) is 17.0. The van der Waals surface area contributed by atoms with Gasteiger partial charge in [-0.25, -0.2) is 4.79 Å². The molecule has 0 saturated heterocycles. The molecule has 8 heteroatoms. The van der Waals surface area contributed by atoms with E-state index < -0.39 is 0 Å². The smallest absolute Gasteiger partial charge is 0.342 e. The molecule has 0 spiro atoms. The number of rotatable bonds is 6. The summed E-state index contributed by atoms with van der Waals surface area (Å²) in [7, 11) is 0. The minimum atomic E-state index is -0.318. The first kappa shape index (κ1) is 22.3. The molecule has 2 heterocycles. The van der Waals surface area contributed by atoms with Crippen LogP contribution in [-0.2, 0) is 6.54 Å². The lowest BCUT2D eigenvalue weighted by molar-refractivity contribution is 0.102. The van der Waals surface area contributed by atoms with Crippen LogP contribution in [0, 0.1) is 6.92 Å². The molecule has 0 radical (unpaired) electrons. The number of phenols is 1. The Labute approximate surface area is 202 Å². The number of carbonyl (C=O) groups is 2. The molecular formula is C27H25N5O3. The minimum absolute atomic E-state index is 0.0108. The van der Waals surface area contributed by atoms with Gasteiger partial charge in [0.1, 0.15) is 5.75 Å². The number of benzene rings is 2. The lowest BCUT2D eigenvalue weighted by atomic mass is 10.1. The highest BCUT2D eigenvalue weighted by Gasteiger charge is 2.31. The Morgan fingerprint density at radius 1 is 1.09 bits per heavy atom. The van der Waals surface area contributed by atoms with Gasteiger partial charge in [0.2, 0.25) is 0 Å². The molecule has 1 aliphatic rings. The molecule has 4 aromatic rings. The lowest BCUT2D eigenvalue weighted by Crippen LogP contribution is -2.30. The molecule has 0 unspecified atom stereocenters. The zero-order chi connectivity index (χ0) is 24.4. The topological polar surface area (TPSA) is 109 Å². The van der Waals surface area contributed by atoms with Crippen LogP contribution in [0.1, 0.15) is 45.9 Å². The van der Waals surface area contributed by atoms with Gasteiger partial charge in [-0.1, -0.05) is 24.3 Å². The molecule has 3 N–H and O–H groups in total. The molecule has 1 saturated carbocycles. The summed E-state index contributed by atoms with van der Waals surface area (Å²) in [5, 5.41) is 20.8. The summed E-state index contributed by atoms with van der Waals surface area (Å²) in [6.45, 7) is 2.40. The van der Waals surface area contributed by atoms with Crippen LogP contribution < -0.4 is 10.6 Å². The van der Waals surface area contributed by atoms with Crippen LogP contribution in [0.15, 0.2) is 73.1 Å². The maximum Gasteiger partial charge on any atom is 0.342 e. The number of phenolic OH excluding ortho intramolecular Hbond substituents is 1. The largest absolute Gasteiger partial charge is 0.507 e. The first-order valence-electron chi connectivity index (χ1n) is 11.5. The summed E-state index contributed by atoms with van der Waals surface area (Å²) in [4.78, 5) is 29.5. The maximum atomic E-state index is 13.0. The maximum absolute atomic E-state index is 13.0. The third-order valence-corrected chi connectivity index (χ3v) is 6.07. The number of aryl methyl sites for hydroxylation is 1. The summed E-state index contributed by atoms with van der Waals surface area (Å²) in [5.41, 5.74) is 4.77. The number of hydrogen-bond acceptors (Lipinski definition) is 5. The standard InChI is InChI=1S/C27H25N5O3/c1-17-5-2-3-6-19(17)16-29-27(35)32-24(18-8-9-18)14-23(31-32)22-13-21(10-11-25(22)33)30-26(34)20-7-4-12-28-15-20/h2-7,10-15,18,33H,8-9,16H2,1H3,(H,29,35)(H,30,34). The molecule has 2 aromatic heterocycles. The number of hydrogen-bond donors (Lipinski definition) is 3. The van der Waals surface area contributed by atoms with Gasteiger partial charge in [-0.3, -0.25) is 9.78 Å². The van der Waals surface area contributed by atoms with Crippen molar-refractivity contribution in [2.75, 3.05) is 5.32 Å². The summed E-state index contributed by atoms with van der Waals surface area (Å²) in [5.74, 6) is -0.0396. The van der Waals surface area contributed by atoms with Gasteiger partial charge in [0.15, 0.2) is 0 Å². The van der Waals surface area contributed by atoms with E-state index in [1.165, 1.54) is 16.9 Å². The Hall–Kier alpha value is -4.46. The van der Waals surface area contributed by atoms with Gasteiger partial charge in [0, 0.05) is 36.1 Å². The Morgan fingerprint density at radius 3 is 2.66 bits per heavy atom. The van der Waals surface area contributed by atoms with Crippen LogP contribution in [-0.4, -0.2) is 31.8 Å². The molecule has 0 atom stereocenters.